The molecule has 1 N–H and O–H groups in total. The third-order valence-electron chi connectivity index (χ3n) is 5.58. The van der Waals surface area contributed by atoms with Crippen LogP contribution in [0.1, 0.15) is 29.5 Å². The maximum Gasteiger partial charge on any atom is 0.335 e. The molecule has 0 saturated carbocycles. The van der Waals surface area contributed by atoms with Crippen molar-refractivity contribution in [1.29, 1.82) is 0 Å². The number of carbonyl (C=O) groups is 3. The van der Waals surface area contributed by atoms with Crippen LogP contribution in [0, 0.1) is 19.7 Å². The number of nitrogens with one attached hydrogen (secondary N) is 1. The summed E-state index contributed by atoms with van der Waals surface area (Å²) in [6.07, 6.45) is 3.40. The zero-order chi connectivity index (χ0) is 22.3. The van der Waals surface area contributed by atoms with E-state index in [1.807, 2.05) is 4.90 Å². The molecular weight excluding hydrogens is 465 g/mol. The average molecular weight is 486 g/mol. The monoisotopic (exact) mass is 485 g/mol. The number of carbonyl (C=O) groups excluding carboxylic acids is 3. The van der Waals surface area contributed by atoms with Crippen molar-refractivity contribution < 1.29 is 18.8 Å². The van der Waals surface area contributed by atoms with Gasteiger partial charge in [-0.1, -0.05) is 15.9 Å². The Hall–Kier alpha value is -3.00. The number of anilines is 2. The number of imide groups is 2. The first kappa shape index (κ1) is 21.2. The summed E-state index contributed by atoms with van der Waals surface area (Å²) in [5.41, 5.74) is 2.51. The van der Waals surface area contributed by atoms with Gasteiger partial charge in [0, 0.05) is 17.6 Å². The summed E-state index contributed by atoms with van der Waals surface area (Å²) in [5, 5.41) is 2.21. The highest BCUT2D eigenvalue weighted by atomic mass is 79.9. The third kappa shape index (κ3) is 3.99. The molecule has 0 atom stereocenters. The van der Waals surface area contributed by atoms with Crippen LogP contribution in [0.25, 0.3) is 6.08 Å². The standard InChI is InChI=1S/C23H21BrFN3O3/c1-13-10-20(27-7-3-4-8-27)18(25)12-15(13)11-17-21(29)26-23(31)28(22(17)30)19-6-5-16(24)9-14(19)2/h5-6,9-12H,3-4,7-8H2,1-2H3,(H,26,29,31)/b17-11+. The Balaban J connectivity index is 1.72. The largest absolute Gasteiger partial charge is 0.369 e. The summed E-state index contributed by atoms with van der Waals surface area (Å²) in [5.74, 6) is -1.95. The van der Waals surface area contributed by atoms with Gasteiger partial charge >= 0.3 is 6.03 Å². The number of rotatable bonds is 3. The molecule has 160 valence electrons. The van der Waals surface area contributed by atoms with Gasteiger partial charge in [0.25, 0.3) is 11.8 Å². The van der Waals surface area contributed by atoms with Crippen LogP contribution >= 0.6 is 15.9 Å². The van der Waals surface area contributed by atoms with Crippen LogP contribution in [0.5, 0.6) is 0 Å². The number of amides is 4. The van der Waals surface area contributed by atoms with E-state index in [2.05, 4.69) is 21.2 Å². The van der Waals surface area contributed by atoms with E-state index >= 15 is 0 Å². The molecule has 2 saturated heterocycles. The molecule has 8 heteroatoms. The lowest BCUT2D eigenvalue weighted by atomic mass is 10.0. The molecule has 2 aliphatic heterocycles. The van der Waals surface area contributed by atoms with Crippen LogP contribution < -0.4 is 15.1 Å². The van der Waals surface area contributed by atoms with Gasteiger partial charge in [0.05, 0.1) is 11.4 Å². The Bertz CT molecular complexity index is 1140. The predicted octanol–water partition coefficient (Wildman–Crippen LogP) is 4.47. The maximum absolute atomic E-state index is 14.8. The van der Waals surface area contributed by atoms with Crippen LogP contribution in [0.4, 0.5) is 20.6 Å². The van der Waals surface area contributed by atoms with Crippen LogP contribution in [-0.4, -0.2) is 30.9 Å². The average Bonchev–Trinajstić information content (AvgIpc) is 3.23. The molecule has 2 aromatic carbocycles. The Morgan fingerprint density at radius 3 is 2.39 bits per heavy atom. The fourth-order valence-corrected chi connectivity index (χ4v) is 4.41. The fourth-order valence-electron chi connectivity index (χ4n) is 3.94. The van der Waals surface area contributed by atoms with Crippen molar-refractivity contribution in [3.63, 3.8) is 0 Å². The zero-order valence-electron chi connectivity index (χ0n) is 17.2. The Morgan fingerprint density at radius 2 is 1.71 bits per heavy atom. The number of halogens is 2. The second kappa shape index (κ2) is 8.26. The van der Waals surface area contributed by atoms with E-state index in [0.29, 0.717) is 22.5 Å². The van der Waals surface area contributed by atoms with Gasteiger partial charge in [-0.05, 0) is 79.8 Å². The number of benzene rings is 2. The SMILES string of the molecule is Cc1cc(N2CCCC2)c(F)cc1/C=C1\C(=O)NC(=O)N(c2ccc(Br)cc2C)C1=O. The summed E-state index contributed by atoms with van der Waals surface area (Å²) in [6, 6.07) is 7.36. The molecule has 2 fully saturated rings. The van der Waals surface area contributed by atoms with Crippen LogP contribution in [0.15, 0.2) is 40.4 Å². The van der Waals surface area contributed by atoms with Gasteiger partial charge in [0.15, 0.2) is 0 Å². The van der Waals surface area contributed by atoms with Crippen molar-refractivity contribution in [3.8, 4) is 0 Å². The minimum Gasteiger partial charge on any atom is -0.369 e. The molecule has 0 radical (unpaired) electrons. The van der Waals surface area contributed by atoms with E-state index in [9.17, 15) is 18.8 Å². The molecule has 6 nitrogen and oxygen atoms in total. The van der Waals surface area contributed by atoms with Crippen molar-refractivity contribution in [1.82, 2.24) is 5.32 Å². The second-order valence-electron chi connectivity index (χ2n) is 7.74. The Labute approximate surface area is 187 Å². The van der Waals surface area contributed by atoms with Gasteiger partial charge in [-0.3, -0.25) is 14.9 Å². The smallest absolute Gasteiger partial charge is 0.335 e. The first-order chi connectivity index (χ1) is 14.8. The van der Waals surface area contributed by atoms with E-state index in [4.69, 9.17) is 0 Å². The molecule has 0 unspecified atom stereocenters. The Morgan fingerprint density at radius 1 is 1.00 bits per heavy atom. The van der Waals surface area contributed by atoms with Crippen LogP contribution in [0.3, 0.4) is 0 Å². The molecule has 4 rings (SSSR count). The van der Waals surface area contributed by atoms with Gasteiger partial charge in [-0.2, -0.15) is 0 Å². The molecular formula is C23H21BrFN3O3. The summed E-state index contributed by atoms with van der Waals surface area (Å²) in [4.78, 5) is 40.9. The first-order valence-electron chi connectivity index (χ1n) is 9.99. The Kier molecular flexibility index (Phi) is 5.66. The van der Waals surface area contributed by atoms with Crippen molar-refractivity contribution in [2.45, 2.75) is 26.7 Å². The van der Waals surface area contributed by atoms with Crippen molar-refractivity contribution >= 4 is 51.2 Å². The van der Waals surface area contributed by atoms with Gasteiger partial charge in [-0.25, -0.2) is 14.1 Å². The summed E-state index contributed by atoms with van der Waals surface area (Å²) in [7, 11) is 0. The highest BCUT2D eigenvalue weighted by Crippen LogP contribution is 2.30. The normalized spacial score (nSPS) is 18.2. The lowest BCUT2D eigenvalue weighted by Gasteiger charge is -2.27. The third-order valence-corrected chi connectivity index (χ3v) is 6.08. The molecule has 2 aromatic rings. The number of barbiturate groups is 1. The molecule has 2 heterocycles. The van der Waals surface area contributed by atoms with Gasteiger partial charge in [0.2, 0.25) is 0 Å². The predicted molar refractivity (Wildman–Crippen MR) is 120 cm³/mol. The van der Waals surface area contributed by atoms with Crippen LogP contribution in [0.2, 0.25) is 0 Å². The number of aryl methyl sites for hydroxylation is 2. The zero-order valence-corrected chi connectivity index (χ0v) is 18.8. The van der Waals surface area contributed by atoms with E-state index in [1.54, 1.807) is 38.1 Å². The fraction of sp³-hybridized carbons (Fsp3) is 0.261. The van der Waals surface area contributed by atoms with Crippen LogP contribution in [-0.2, 0) is 9.59 Å². The lowest BCUT2D eigenvalue weighted by Crippen LogP contribution is -2.54. The molecule has 0 aliphatic carbocycles. The van der Waals surface area contributed by atoms with Crippen molar-refractivity contribution in [3.05, 3.63) is 62.9 Å². The molecule has 31 heavy (non-hydrogen) atoms. The lowest BCUT2D eigenvalue weighted by molar-refractivity contribution is -0.122. The molecule has 0 bridgehead atoms. The van der Waals surface area contributed by atoms with E-state index in [1.165, 1.54) is 12.1 Å². The minimum absolute atomic E-state index is 0.224. The highest BCUT2D eigenvalue weighted by molar-refractivity contribution is 9.10. The number of urea groups is 1. The number of nitrogens with zero attached hydrogens (tertiary/aromatic N) is 2. The maximum atomic E-state index is 14.8. The highest BCUT2D eigenvalue weighted by Gasteiger charge is 2.37. The van der Waals surface area contributed by atoms with E-state index < -0.39 is 23.7 Å². The van der Waals surface area contributed by atoms with E-state index in [0.717, 1.165) is 40.9 Å². The molecule has 4 amide bonds. The summed E-state index contributed by atoms with van der Waals surface area (Å²) < 4.78 is 15.6. The van der Waals surface area contributed by atoms with Gasteiger partial charge < -0.3 is 4.90 Å². The number of hydrogen-bond donors (Lipinski definition) is 1. The number of hydrogen-bond acceptors (Lipinski definition) is 4. The molecule has 0 aromatic heterocycles. The van der Waals surface area contributed by atoms with E-state index in [-0.39, 0.29) is 5.57 Å². The topological polar surface area (TPSA) is 69.7 Å². The minimum atomic E-state index is -0.815. The van der Waals surface area contributed by atoms with Gasteiger partial charge in [-0.15, -0.1) is 0 Å². The van der Waals surface area contributed by atoms with Gasteiger partial charge in [0.1, 0.15) is 11.4 Å². The quantitative estimate of drug-likeness (QED) is 0.514. The first-order valence-corrected chi connectivity index (χ1v) is 10.8. The molecule has 0 spiro atoms. The summed E-state index contributed by atoms with van der Waals surface area (Å²) >= 11 is 3.35. The summed E-state index contributed by atoms with van der Waals surface area (Å²) in [6.45, 7) is 5.18. The second-order valence-corrected chi connectivity index (χ2v) is 8.66. The molecule has 2 aliphatic rings. The van der Waals surface area contributed by atoms with Crippen molar-refractivity contribution in [2.24, 2.45) is 0 Å². The van der Waals surface area contributed by atoms with Crippen molar-refractivity contribution in [2.75, 3.05) is 22.9 Å².